The van der Waals surface area contributed by atoms with Gasteiger partial charge in [-0.25, -0.2) is 0 Å². The Kier molecular flexibility index (Phi) is 11.0. The summed E-state index contributed by atoms with van der Waals surface area (Å²) >= 11 is 0. The lowest BCUT2D eigenvalue weighted by atomic mass is 10.1. The molecule has 1 heterocycles. The maximum Gasteiger partial charge on any atom is 0.191 e. The van der Waals surface area contributed by atoms with Crippen LogP contribution in [0.5, 0.6) is 0 Å². The molecule has 0 spiro atoms. The normalized spacial score (nSPS) is 11.9. The Morgan fingerprint density at radius 1 is 1.13 bits per heavy atom. The summed E-state index contributed by atoms with van der Waals surface area (Å²) in [4.78, 5) is 6.89. The van der Waals surface area contributed by atoms with E-state index < -0.39 is 0 Å². The maximum absolute atomic E-state index is 5.33. The van der Waals surface area contributed by atoms with Crippen molar-refractivity contribution in [3.05, 3.63) is 24.2 Å². The number of furan rings is 1. The van der Waals surface area contributed by atoms with Crippen molar-refractivity contribution in [2.24, 2.45) is 4.99 Å². The summed E-state index contributed by atoms with van der Waals surface area (Å²) in [5.74, 6) is 1.91. The number of hydrogen-bond acceptors (Lipinski definition) is 3. The molecule has 0 amide bonds. The lowest BCUT2D eigenvalue weighted by Crippen LogP contribution is -2.38. The third-order valence-electron chi connectivity index (χ3n) is 3.62. The van der Waals surface area contributed by atoms with Crippen LogP contribution in [0.15, 0.2) is 27.8 Å². The van der Waals surface area contributed by atoms with Gasteiger partial charge in [0, 0.05) is 26.1 Å². The van der Waals surface area contributed by atoms with Gasteiger partial charge in [0.05, 0.1) is 6.26 Å². The monoisotopic (exact) mass is 322 g/mol. The summed E-state index contributed by atoms with van der Waals surface area (Å²) in [6.45, 7) is 5.90. The predicted octanol–water partition coefficient (Wildman–Crippen LogP) is 2.89. The third-order valence-corrected chi connectivity index (χ3v) is 3.62. The fourth-order valence-electron chi connectivity index (χ4n) is 2.36. The zero-order valence-electron chi connectivity index (χ0n) is 15.1. The number of nitrogens with one attached hydrogen (secondary N) is 2. The number of rotatable bonds is 12. The first-order valence-electron chi connectivity index (χ1n) is 8.91. The van der Waals surface area contributed by atoms with Crippen molar-refractivity contribution in [2.45, 2.75) is 45.4 Å². The Labute approximate surface area is 141 Å². The Hall–Kier alpha value is -1.49. The average Bonchev–Trinajstić information content (AvgIpc) is 3.03. The second-order valence-electron chi connectivity index (χ2n) is 6.09. The number of guanidine groups is 1. The second kappa shape index (κ2) is 13.0. The van der Waals surface area contributed by atoms with Gasteiger partial charge in [0.25, 0.3) is 0 Å². The minimum absolute atomic E-state index is 0.837. The summed E-state index contributed by atoms with van der Waals surface area (Å²) in [6.07, 6.45) is 8.96. The largest absolute Gasteiger partial charge is 0.469 e. The summed E-state index contributed by atoms with van der Waals surface area (Å²) in [7, 11) is 4.27. The van der Waals surface area contributed by atoms with E-state index in [1.165, 1.54) is 32.2 Å². The van der Waals surface area contributed by atoms with E-state index in [1.54, 1.807) is 6.26 Å². The van der Waals surface area contributed by atoms with Gasteiger partial charge >= 0.3 is 0 Å². The van der Waals surface area contributed by atoms with Gasteiger partial charge in [0.2, 0.25) is 0 Å². The van der Waals surface area contributed by atoms with E-state index in [2.05, 4.69) is 41.5 Å². The topological polar surface area (TPSA) is 52.8 Å². The van der Waals surface area contributed by atoms with Crippen LogP contribution >= 0.6 is 0 Å². The van der Waals surface area contributed by atoms with Crippen molar-refractivity contribution in [3.63, 3.8) is 0 Å². The van der Waals surface area contributed by atoms with Crippen molar-refractivity contribution >= 4 is 5.96 Å². The highest BCUT2D eigenvalue weighted by atomic mass is 16.3. The first kappa shape index (κ1) is 19.6. The summed E-state index contributed by atoms with van der Waals surface area (Å²) in [6, 6.07) is 3.93. The smallest absolute Gasteiger partial charge is 0.191 e. The summed E-state index contributed by atoms with van der Waals surface area (Å²) in [5.41, 5.74) is 0. The Morgan fingerprint density at radius 3 is 2.61 bits per heavy atom. The van der Waals surface area contributed by atoms with Crippen molar-refractivity contribution in [2.75, 3.05) is 40.3 Å². The molecule has 0 aromatic carbocycles. The molecular formula is C18H34N4O. The molecule has 2 N–H and O–H groups in total. The minimum Gasteiger partial charge on any atom is -0.469 e. The van der Waals surface area contributed by atoms with Gasteiger partial charge in [-0.1, -0.05) is 19.3 Å². The minimum atomic E-state index is 0.837. The highest BCUT2D eigenvalue weighted by molar-refractivity contribution is 5.79. The molecule has 0 aliphatic rings. The van der Waals surface area contributed by atoms with E-state index in [0.29, 0.717) is 0 Å². The molecule has 0 unspecified atom stereocenters. The first-order valence-corrected chi connectivity index (χ1v) is 8.91. The van der Waals surface area contributed by atoms with Crippen LogP contribution in [-0.4, -0.2) is 51.1 Å². The van der Waals surface area contributed by atoms with E-state index in [1.807, 2.05) is 12.1 Å². The summed E-state index contributed by atoms with van der Waals surface area (Å²) in [5, 5.41) is 6.65. The van der Waals surface area contributed by atoms with E-state index >= 15 is 0 Å². The molecule has 1 aromatic rings. The number of aliphatic imine (C=N–C) groups is 1. The molecule has 1 rings (SSSR count). The van der Waals surface area contributed by atoms with Crippen LogP contribution in [0.25, 0.3) is 0 Å². The van der Waals surface area contributed by atoms with Gasteiger partial charge in [-0.15, -0.1) is 0 Å². The number of nitrogens with zero attached hydrogens (tertiary/aromatic N) is 2. The molecule has 132 valence electrons. The highest BCUT2D eigenvalue weighted by Gasteiger charge is 1.99. The molecular weight excluding hydrogens is 288 g/mol. The van der Waals surface area contributed by atoms with Gasteiger partial charge < -0.3 is 20.0 Å². The van der Waals surface area contributed by atoms with Crippen LogP contribution in [0.3, 0.4) is 0 Å². The van der Waals surface area contributed by atoms with Crippen LogP contribution in [-0.2, 0) is 6.42 Å². The molecule has 0 bridgehead atoms. The Morgan fingerprint density at radius 2 is 1.91 bits per heavy atom. The van der Waals surface area contributed by atoms with Crippen molar-refractivity contribution in [3.8, 4) is 0 Å². The van der Waals surface area contributed by atoms with Crippen molar-refractivity contribution in [1.82, 2.24) is 15.5 Å². The van der Waals surface area contributed by atoms with E-state index in [9.17, 15) is 0 Å². The van der Waals surface area contributed by atoms with Crippen LogP contribution in [0.4, 0.5) is 0 Å². The number of hydrogen-bond donors (Lipinski definition) is 2. The molecule has 0 aliphatic heterocycles. The van der Waals surface area contributed by atoms with Gasteiger partial charge in [-0.3, -0.25) is 4.99 Å². The van der Waals surface area contributed by atoms with Gasteiger partial charge in [0.15, 0.2) is 5.96 Å². The SMILES string of the molecule is CCNC(=NCCCCCCCN(C)C)NCCc1ccco1. The van der Waals surface area contributed by atoms with Crippen molar-refractivity contribution < 1.29 is 4.42 Å². The summed E-state index contributed by atoms with van der Waals surface area (Å²) < 4.78 is 5.33. The van der Waals surface area contributed by atoms with Crippen LogP contribution in [0.1, 0.15) is 44.8 Å². The highest BCUT2D eigenvalue weighted by Crippen LogP contribution is 2.03. The molecule has 0 fully saturated rings. The molecule has 1 aromatic heterocycles. The molecule has 5 nitrogen and oxygen atoms in total. The number of unbranched alkanes of at least 4 members (excludes halogenated alkanes) is 4. The van der Waals surface area contributed by atoms with Gasteiger partial charge in [0.1, 0.15) is 5.76 Å². The quantitative estimate of drug-likeness (QED) is 0.353. The molecule has 23 heavy (non-hydrogen) atoms. The first-order chi connectivity index (χ1) is 11.2. The molecule has 5 heteroatoms. The van der Waals surface area contributed by atoms with Crippen molar-refractivity contribution in [1.29, 1.82) is 0 Å². The zero-order chi connectivity index (χ0) is 16.8. The standard InChI is InChI=1S/C18H34N4O/c1-4-19-18(21-14-12-17-11-10-16-23-17)20-13-8-6-5-7-9-15-22(2)3/h10-11,16H,4-9,12-15H2,1-3H3,(H2,19,20,21). The molecule has 0 aliphatic carbocycles. The Bertz CT molecular complexity index is 401. The van der Waals surface area contributed by atoms with Gasteiger partial charge in [-0.2, -0.15) is 0 Å². The lowest BCUT2D eigenvalue weighted by Gasteiger charge is -2.10. The maximum atomic E-state index is 5.33. The third kappa shape index (κ3) is 10.8. The Balaban J connectivity index is 2.08. The van der Waals surface area contributed by atoms with E-state index in [4.69, 9.17) is 4.42 Å². The molecule has 0 saturated heterocycles. The van der Waals surface area contributed by atoms with Crippen LogP contribution in [0.2, 0.25) is 0 Å². The predicted molar refractivity (Wildman–Crippen MR) is 98.0 cm³/mol. The molecule has 0 saturated carbocycles. The molecule has 0 atom stereocenters. The second-order valence-corrected chi connectivity index (χ2v) is 6.09. The van der Waals surface area contributed by atoms with Crippen LogP contribution < -0.4 is 10.6 Å². The van der Waals surface area contributed by atoms with E-state index in [-0.39, 0.29) is 0 Å². The van der Waals surface area contributed by atoms with Gasteiger partial charge in [-0.05, 0) is 52.5 Å². The lowest BCUT2D eigenvalue weighted by molar-refractivity contribution is 0.390. The average molecular weight is 322 g/mol. The van der Waals surface area contributed by atoms with E-state index in [0.717, 1.165) is 44.2 Å². The zero-order valence-corrected chi connectivity index (χ0v) is 15.1. The fourth-order valence-corrected chi connectivity index (χ4v) is 2.36. The fraction of sp³-hybridized carbons (Fsp3) is 0.722. The molecule has 0 radical (unpaired) electrons. The van der Waals surface area contributed by atoms with Crippen LogP contribution in [0, 0.1) is 0 Å².